The van der Waals surface area contributed by atoms with Crippen LogP contribution in [-0.4, -0.2) is 62.8 Å². The van der Waals surface area contributed by atoms with Crippen molar-refractivity contribution >= 4 is 12.0 Å². The molecule has 2 N–H and O–H groups in total. The molecule has 3 aliphatic rings. The van der Waals surface area contributed by atoms with Gasteiger partial charge in [0.25, 0.3) is 0 Å². The van der Waals surface area contributed by atoms with E-state index in [0.717, 1.165) is 70.6 Å². The van der Waals surface area contributed by atoms with E-state index in [9.17, 15) is 4.79 Å². The predicted octanol–water partition coefficient (Wildman–Crippen LogP) is 2.30. The minimum atomic E-state index is -0.235. The number of fused-ring (bicyclic) bond motifs is 1. The van der Waals surface area contributed by atoms with E-state index in [1.54, 1.807) is 0 Å². The molecule has 4 rings (SSSR count). The van der Waals surface area contributed by atoms with Gasteiger partial charge >= 0.3 is 0 Å². The molecule has 2 saturated heterocycles. The van der Waals surface area contributed by atoms with Crippen molar-refractivity contribution in [3.8, 4) is 0 Å². The molecule has 5 nitrogen and oxygen atoms in total. The van der Waals surface area contributed by atoms with Crippen LogP contribution in [0.5, 0.6) is 0 Å². The van der Waals surface area contributed by atoms with Gasteiger partial charge in [0.1, 0.15) is 0 Å². The third-order valence-corrected chi connectivity index (χ3v) is 6.88. The van der Waals surface area contributed by atoms with Crippen molar-refractivity contribution in [3.63, 3.8) is 0 Å². The lowest BCUT2D eigenvalue weighted by Crippen LogP contribution is -2.60. The highest BCUT2D eigenvalue weighted by Crippen LogP contribution is 2.46. The summed E-state index contributed by atoms with van der Waals surface area (Å²) >= 11 is 0. The Morgan fingerprint density at radius 2 is 2.07 bits per heavy atom. The summed E-state index contributed by atoms with van der Waals surface area (Å²) in [7, 11) is 0. The van der Waals surface area contributed by atoms with Gasteiger partial charge < -0.3 is 15.4 Å². The number of morpholine rings is 1. The number of nitrogens with zero attached hydrogens (tertiary/aromatic N) is 1. The number of carbonyl (C=O) groups is 1. The quantitative estimate of drug-likeness (QED) is 0.819. The van der Waals surface area contributed by atoms with E-state index in [0.29, 0.717) is 18.5 Å². The normalized spacial score (nSPS) is 31.4. The standard InChI is InChI=1S/C23H33N3O2/c27-22(25-11-4-7-19-5-2-1-3-6-19)23-10-8-21(26-13-15-28-16-14-26)17-20(23)9-12-24-18-23/h1-7,20-21,24H,8-18H2,(H,25,27)/b7-4+/t20-,21-,23-/m1/s1. The average Bonchev–Trinajstić information content (AvgIpc) is 2.77. The molecule has 1 aromatic carbocycles. The SMILES string of the molecule is O=C(NC/C=C/c1ccccc1)[C@@]12CC[C@@H](N3CCOCC3)C[C@H]1CCNC2. The molecule has 1 aliphatic carbocycles. The first-order chi connectivity index (χ1) is 13.8. The van der Waals surface area contributed by atoms with Gasteiger partial charge in [-0.25, -0.2) is 0 Å². The Labute approximate surface area is 168 Å². The highest BCUT2D eigenvalue weighted by atomic mass is 16.5. The molecule has 5 heteroatoms. The molecule has 0 aromatic heterocycles. The number of hydrogen-bond acceptors (Lipinski definition) is 4. The Morgan fingerprint density at radius 3 is 2.89 bits per heavy atom. The van der Waals surface area contributed by atoms with E-state index >= 15 is 0 Å². The first-order valence-electron chi connectivity index (χ1n) is 10.8. The Kier molecular flexibility index (Phi) is 6.45. The van der Waals surface area contributed by atoms with Gasteiger partial charge in [-0.1, -0.05) is 42.5 Å². The minimum Gasteiger partial charge on any atom is -0.379 e. The largest absolute Gasteiger partial charge is 0.379 e. The third kappa shape index (κ3) is 4.32. The first kappa shape index (κ1) is 19.6. The van der Waals surface area contributed by atoms with E-state index < -0.39 is 0 Å². The molecule has 28 heavy (non-hydrogen) atoms. The average molecular weight is 384 g/mol. The van der Waals surface area contributed by atoms with Gasteiger partial charge in [0, 0.05) is 32.2 Å². The van der Waals surface area contributed by atoms with Crippen LogP contribution in [0.1, 0.15) is 31.2 Å². The Morgan fingerprint density at radius 1 is 1.25 bits per heavy atom. The van der Waals surface area contributed by atoms with Crippen LogP contribution in [0, 0.1) is 11.3 Å². The van der Waals surface area contributed by atoms with Gasteiger partial charge in [0.15, 0.2) is 0 Å². The zero-order valence-electron chi connectivity index (χ0n) is 16.7. The number of nitrogens with one attached hydrogen (secondary N) is 2. The fourth-order valence-electron chi connectivity index (χ4n) is 5.26. The maximum atomic E-state index is 13.2. The number of benzene rings is 1. The maximum Gasteiger partial charge on any atom is 0.228 e. The topological polar surface area (TPSA) is 53.6 Å². The van der Waals surface area contributed by atoms with Crippen LogP contribution < -0.4 is 10.6 Å². The summed E-state index contributed by atoms with van der Waals surface area (Å²) in [6.45, 7) is 6.22. The van der Waals surface area contributed by atoms with Gasteiger partial charge in [-0.05, 0) is 43.7 Å². The molecule has 1 saturated carbocycles. The van der Waals surface area contributed by atoms with Crippen molar-refractivity contribution in [1.82, 2.24) is 15.5 Å². The molecule has 3 atom stereocenters. The van der Waals surface area contributed by atoms with Crippen LogP contribution in [0.3, 0.4) is 0 Å². The zero-order chi connectivity index (χ0) is 19.2. The number of hydrogen-bond donors (Lipinski definition) is 2. The van der Waals surface area contributed by atoms with Gasteiger partial charge in [-0.2, -0.15) is 0 Å². The fourth-order valence-corrected chi connectivity index (χ4v) is 5.26. The molecule has 2 aliphatic heterocycles. The second-order valence-electron chi connectivity index (χ2n) is 8.42. The van der Waals surface area contributed by atoms with Crippen molar-refractivity contribution in [1.29, 1.82) is 0 Å². The van der Waals surface area contributed by atoms with Crippen LogP contribution in [0.4, 0.5) is 0 Å². The summed E-state index contributed by atoms with van der Waals surface area (Å²) in [5.41, 5.74) is 0.930. The summed E-state index contributed by atoms with van der Waals surface area (Å²) in [6.07, 6.45) is 8.48. The molecular formula is C23H33N3O2. The van der Waals surface area contributed by atoms with Gasteiger partial charge in [0.05, 0.1) is 18.6 Å². The molecule has 0 spiro atoms. The maximum absolute atomic E-state index is 13.2. The highest BCUT2D eigenvalue weighted by molar-refractivity contribution is 5.83. The van der Waals surface area contributed by atoms with Crippen molar-refractivity contribution in [2.45, 2.75) is 31.7 Å². The van der Waals surface area contributed by atoms with Crippen LogP contribution in [0.15, 0.2) is 36.4 Å². The Hall–Kier alpha value is -1.69. The monoisotopic (exact) mass is 383 g/mol. The molecule has 152 valence electrons. The fraction of sp³-hybridized carbons (Fsp3) is 0.609. The van der Waals surface area contributed by atoms with Gasteiger partial charge in [-0.3, -0.25) is 9.69 Å². The van der Waals surface area contributed by atoms with Crippen LogP contribution in [-0.2, 0) is 9.53 Å². The Balaban J connectivity index is 1.36. The van der Waals surface area contributed by atoms with E-state index in [2.05, 4.69) is 39.8 Å². The second-order valence-corrected chi connectivity index (χ2v) is 8.42. The summed E-state index contributed by atoms with van der Waals surface area (Å²) in [5.74, 6) is 0.719. The van der Waals surface area contributed by atoms with E-state index in [4.69, 9.17) is 4.74 Å². The predicted molar refractivity (Wildman–Crippen MR) is 112 cm³/mol. The molecular weight excluding hydrogens is 350 g/mol. The lowest BCUT2D eigenvalue weighted by molar-refractivity contribution is -0.140. The van der Waals surface area contributed by atoms with Gasteiger partial charge in [0.2, 0.25) is 5.91 Å². The summed E-state index contributed by atoms with van der Waals surface area (Å²) in [6, 6.07) is 10.8. The zero-order valence-corrected chi connectivity index (χ0v) is 16.7. The molecule has 1 amide bonds. The third-order valence-electron chi connectivity index (χ3n) is 6.88. The number of ether oxygens (including phenoxy) is 1. The van der Waals surface area contributed by atoms with Crippen molar-refractivity contribution in [2.75, 3.05) is 45.9 Å². The van der Waals surface area contributed by atoms with Crippen molar-refractivity contribution in [3.05, 3.63) is 42.0 Å². The second kappa shape index (κ2) is 9.21. The van der Waals surface area contributed by atoms with E-state index in [1.807, 2.05) is 18.2 Å². The molecule has 0 radical (unpaired) electrons. The summed E-state index contributed by atoms with van der Waals surface area (Å²) in [5, 5.41) is 6.71. The highest BCUT2D eigenvalue weighted by Gasteiger charge is 2.50. The minimum absolute atomic E-state index is 0.235. The smallest absolute Gasteiger partial charge is 0.228 e. The van der Waals surface area contributed by atoms with Crippen LogP contribution in [0.2, 0.25) is 0 Å². The summed E-state index contributed by atoms with van der Waals surface area (Å²) < 4.78 is 5.52. The van der Waals surface area contributed by atoms with Crippen molar-refractivity contribution in [2.24, 2.45) is 11.3 Å². The van der Waals surface area contributed by atoms with Crippen molar-refractivity contribution < 1.29 is 9.53 Å². The molecule has 0 bridgehead atoms. The molecule has 3 fully saturated rings. The number of carbonyl (C=O) groups excluding carboxylic acids is 1. The lowest BCUT2D eigenvalue weighted by Gasteiger charge is -2.50. The Bertz CT molecular complexity index is 672. The lowest BCUT2D eigenvalue weighted by atomic mass is 9.61. The van der Waals surface area contributed by atoms with Crippen LogP contribution in [0.25, 0.3) is 6.08 Å². The molecule has 2 heterocycles. The van der Waals surface area contributed by atoms with Crippen LogP contribution >= 0.6 is 0 Å². The number of amides is 1. The van der Waals surface area contributed by atoms with E-state index in [-0.39, 0.29) is 11.3 Å². The number of rotatable bonds is 5. The summed E-state index contributed by atoms with van der Waals surface area (Å²) in [4.78, 5) is 15.8. The van der Waals surface area contributed by atoms with Gasteiger partial charge in [-0.15, -0.1) is 0 Å². The number of piperidine rings is 1. The molecule has 0 unspecified atom stereocenters. The molecule has 1 aromatic rings. The van der Waals surface area contributed by atoms with E-state index in [1.165, 1.54) is 0 Å². The first-order valence-corrected chi connectivity index (χ1v) is 10.8.